The number of likely N-dealkylation sites (tertiary alicyclic amines) is 1. The van der Waals surface area contributed by atoms with E-state index in [0.29, 0.717) is 19.6 Å². The Kier molecular flexibility index (Phi) is 7.02. The Morgan fingerprint density at radius 3 is 2.52 bits per heavy atom. The Morgan fingerprint density at radius 1 is 1.26 bits per heavy atom. The van der Waals surface area contributed by atoms with Crippen LogP contribution in [0, 0.1) is 13.8 Å². The number of aryl methyl sites for hydroxylation is 2. The fourth-order valence-corrected chi connectivity index (χ4v) is 3.00. The molecule has 2 rings (SSSR count). The normalized spacial score (nSPS) is 16.5. The van der Waals surface area contributed by atoms with Gasteiger partial charge in [-0.3, -0.25) is 9.69 Å². The summed E-state index contributed by atoms with van der Waals surface area (Å²) < 4.78 is 5.71. The van der Waals surface area contributed by atoms with Crippen LogP contribution in [0.3, 0.4) is 0 Å². The first-order valence-electron chi connectivity index (χ1n) is 8.40. The second-order valence-electron chi connectivity index (χ2n) is 6.35. The van der Waals surface area contributed by atoms with Crippen molar-refractivity contribution in [3.63, 3.8) is 0 Å². The number of nitrogens with zero attached hydrogens (tertiary/aromatic N) is 1. The van der Waals surface area contributed by atoms with E-state index in [2.05, 4.69) is 16.3 Å². The van der Waals surface area contributed by atoms with Gasteiger partial charge in [0.2, 0.25) is 5.91 Å². The van der Waals surface area contributed by atoms with Crippen LogP contribution in [0.2, 0.25) is 0 Å². The third-order valence-corrected chi connectivity index (χ3v) is 4.06. The molecule has 1 heterocycles. The highest BCUT2D eigenvalue weighted by molar-refractivity contribution is 5.92. The number of ether oxygens (including phenoxy) is 1. The molecule has 0 spiro atoms. The quantitative estimate of drug-likeness (QED) is 0.755. The van der Waals surface area contributed by atoms with Crippen molar-refractivity contribution in [3.8, 4) is 0 Å². The number of piperidine rings is 1. The molecule has 0 bridgehead atoms. The number of anilines is 1. The van der Waals surface area contributed by atoms with Crippen molar-refractivity contribution in [2.45, 2.75) is 39.2 Å². The van der Waals surface area contributed by atoms with E-state index in [9.17, 15) is 4.79 Å². The van der Waals surface area contributed by atoms with Crippen LogP contribution < -0.4 is 5.32 Å². The molecule has 5 heteroatoms. The summed E-state index contributed by atoms with van der Waals surface area (Å²) in [6.07, 6.45) is 2.85. The predicted octanol–water partition coefficient (Wildman–Crippen LogP) is 2.11. The van der Waals surface area contributed by atoms with Crippen molar-refractivity contribution in [2.24, 2.45) is 0 Å². The van der Waals surface area contributed by atoms with Crippen LogP contribution in [0.1, 0.15) is 30.4 Å². The van der Waals surface area contributed by atoms with E-state index in [1.54, 1.807) is 0 Å². The van der Waals surface area contributed by atoms with E-state index in [1.165, 1.54) is 0 Å². The van der Waals surface area contributed by atoms with Gasteiger partial charge in [-0.2, -0.15) is 0 Å². The first kappa shape index (κ1) is 17.9. The number of benzene rings is 1. The number of aliphatic hydroxyl groups excluding tert-OH is 1. The zero-order valence-electron chi connectivity index (χ0n) is 14.2. The van der Waals surface area contributed by atoms with Gasteiger partial charge in [0, 0.05) is 32.0 Å². The summed E-state index contributed by atoms with van der Waals surface area (Å²) in [7, 11) is 0. The molecule has 1 saturated heterocycles. The van der Waals surface area contributed by atoms with Crippen molar-refractivity contribution in [3.05, 3.63) is 29.3 Å². The summed E-state index contributed by atoms with van der Waals surface area (Å²) in [6.45, 7) is 7.05. The second kappa shape index (κ2) is 9.01. The zero-order valence-corrected chi connectivity index (χ0v) is 14.2. The standard InChI is InChI=1S/C18H28N2O3/c1-14-10-15(2)12-16(11-14)19-18(22)13-20-6-4-17(5-7-20)23-9-3-8-21/h10-12,17,21H,3-9,13H2,1-2H3,(H,19,22). The zero-order chi connectivity index (χ0) is 16.7. The molecule has 1 aromatic rings. The van der Waals surface area contributed by atoms with Crippen molar-refractivity contribution in [1.29, 1.82) is 0 Å². The molecule has 0 radical (unpaired) electrons. The number of nitrogens with one attached hydrogen (secondary N) is 1. The molecule has 2 N–H and O–H groups in total. The van der Waals surface area contributed by atoms with Crippen molar-refractivity contribution in [1.82, 2.24) is 4.90 Å². The van der Waals surface area contributed by atoms with Crippen LogP contribution in [0.5, 0.6) is 0 Å². The fourth-order valence-electron chi connectivity index (χ4n) is 3.00. The smallest absolute Gasteiger partial charge is 0.238 e. The van der Waals surface area contributed by atoms with Gasteiger partial charge >= 0.3 is 0 Å². The molecule has 0 aromatic heterocycles. The molecule has 128 valence electrons. The molecule has 1 fully saturated rings. The number of hydrogen-bond donors (Lipinski definition) is 2. The van der Waals surface area contributed by atoms with Gasteiger partial charge < -0.3 is 15.2 Å². The van der Waals surface area contributed by atoms with Gasteiger partial charge in [0.25, 0.3) is 0 Å². The Bertz CT molecular complexity index is 491. The van der Waals surface area contributed by atoms with E-state index < -0.39 is 0 Å². The fraction of sp³-hybridized carbons (Fsp3) is 0.611. The number of hydrogen-bond acceptors (Lipinski definition) is 4. The van der Waals surface area contributed by atoms with Crippen LogP contribution in [0.25, 0.3) is 0 Å². The summed E-state index contributed by atoms with van der Waals surface area (Å²) in [4.78, 5) is 14.4. The van der Waals surface area contributed by atoms with E-state index >= 15 is 0 Å². The summed E-state index contributed by atoms with van der Waals surface area (Å²) in [5, 5.41) is 11.7. The first-order chi connectivity index (χ1) is 11.1. The van der Waals surface area contributed by atoms with Gasteiger partial charge in [-0.25, -0.2) is 0 Å². The van der Waals surface area contributed by atoms with Gasteiger partial charge in [-0.1, -0.05) is 6.07 Å². The predicted molar refractivity (Wildman–Crippen MR) is 91.7 cm³/mol. The Hall–Kier alpha value is -1.43. The maximum absolute atomic E-state index is 12.2. The van der Waals surface area contributed by atoms with Crippen LogP contribution in [0.15, 0.2) is 18.2 Å². The molecular formula is C18H28N2O3. The lowest BCUT2D eigenvalue weighted by atomic mass is 10.1. The average molecular weight is 320 g/mol. The minimum Gasteiger partial charge on any atom is -0.396 e. The largest absolute Gasteiger partial charge is 0.396 e. The lowest BCUT2D eigenvalue weighted by Crippen LogP contribution is -2.41. The lowest BCUT2D eigenvalue weighted by Gasteiger charge is -2.31. The highest BCUT2D eigenvalue weighted by Crippen LogP contribution is 2.16. The van der Waals surface area contributed by atoms with Crippen LogP contribution in [-0.4, -0.2) is 54.9 Å². The molecule has 1 aliphatic heterocycles. The third kappa shape index (κ3) is 6.29. The van der Waals surface area contributed by atoms with E-state index in [4.69, 9.17) is 9.84 Å². The number of carbonyl (C=O) groups is 1. The van der Waals surface area contributed by atoms with Crippen LogP contribution in [0.4, 0.5) is 5.69 Å². The number of rotatable bonds is 7. The molecule has 0 saturated carbocycles. The Labute approximate surface area is 138 Å². The van der Waals surface area contributed by atoms with E-state index in [-0.39, 0.29) is 18.6 Å². The van der Waals surface area contributed by atoms with Crippen LogP contribution >= 0.6 is 0 Å². The summed E-state index contributed by atoms with van der Waals surface area (Å²) in [5.74, 6) is 0.0367. The maximum Gasteiger partial charge on any atom is 0.238 e. The highest BCUT2D eigenvalue weighted by atomic mass is 16.5. The summed E-state index contributed by atoms with van der Waals surface area (Å²) >= 11 is 0. The minimum absolute atomic E-state index is 0.0367. The topological polar surface area (TPSA) is 61.8 Å². The van der Waals surface area contributed by atoms with Crippen LogP contribution in [-0.2, 0) is 9.53 Å². The third-order valence-electron chi connectivity index (χ3n) is 4.06. The molecular weight excluding hydrogens is 292 g/mol. The number of carbonyl (C=O) groups excluding carboxylic acids is 1. The molecule has 1 amide bonds. The monoisotopic (exact) mass is 320 g/mol. The van der Waals surface area contributed by atoms with Gasteiger partial charge in [0.1, 0.15) is 0 Å². The molecule has 23 heavy (non-hydrogen) atoms. The molecule has 0 atom stereocenters. The number of aliphatic hydroxyl groups is 1. The Balaban J connectivity index is 1.72. The molecule has 1 aliphatic rings. The first-order valence-corrected chi connectivity index (χ1v) is 8.40. The molecule has 0 aliphatic carbocycles. The van der Waals surface area contributed by atoms with E-state index in [1.807, 2.05) is 26.0 Å². The minimum atomic E-state index is 0.0367. The molecule has 5 nitrogen and oxygen atoms in total. The van der Waals surface area contributed by atoms with Gasteiger partial charge in [-0.15, -0.1) is 0 Å². The van der Waals surface area contributed by atoms with Crippen molar-refractivity contribution < 1.29 is 14.6 Å². The second-order valence-corrected chi connectivity index (χ2v) is 6.35. The SMILES string of the molecule is Cc1cc(C)cc(NC(=O)CN2CCC(OCCCO)CC2)c1. The Morgan fingerprint density at radius 2 is 1.91 bits per heavy atom. The van der Waals surface area contributed by atoms with Crippen molar-refractivity contribution in [2.75, 3.05) is 38.2 Å². The average Bonchev–Trinajstić information content (AvgIpc) is 2.48. The summed E-state index contributed by atoms with van der Waals surface area (Å²) in [6, 6.07) is 6.08. The van der Waals surface area contributed by atoms with E-state index in [0.717, 1.165) is 42.7 Å². The van der Waals surface area contributed by atoms with Gasteiger partial charge in [-0.05, 0) is 56.4 Å². The summed E-state index contributed by atoms with van der Waals surface area (Å²) in [5.41, 5.74) is 3.18. The lowest BCUT2D eigenvalue weighted by molar-refractivity contribution is -0.118. The highest BCUT2D eigenvalue weighted by Gasteiger charge is 2.21. The van der Waals surface area contributed by atoms with Crippen molar-refractivity contribution >= 4 is 11.6 Å². The molecule has 1 aromatic carbocycles. The van der Waals surface area contributed by atoms with Gasteiger partial charge in [0.15, 0.2) is 0 Å². The molecule has 0 unspecified atom stereocenters. The number of amides is 1. The van der Waals surface area contributed by atoms with Gasteiger partial charge in [0.05, 0.1) is 12.6 Å². The maximum atomic E-state index is 12.2.